The van der Waals surface area contributed by atoms with Crippen LogP contribution in [0, 0.1) is 0 Å². The summed E-state index contributed by atoms with van der Waals surface area (Å²) in [6.45, 7) is 0. The minimum absolute atomic E-state index is 0.144. The van der Waals surface area contributed by atoms with Crippen LogP contribution in [0.4, 0.5) is 13.2 Å². The van der Waals surface area contributed by atoms with Gasteiger partial charge in [-0.05, 0) is 0 Å². The Kier molecular flexibility index (Phi) is 6.34. The van der Waals surface area contributed by atoms with Gasteiger partial charge in [-0.3, -0.25) is 4.79 Å². The van der Waals surface area contributed by atoms with Gasteiger partial charge >= 0.3 is 12.1 Å². The third-order valence-electron chi connectivity index (χ3n) is 3.48. The second-order valence-electron chi connectivity index (χ2n) is 5.24. The van der Waals surface area contributed by atoms with Gasteiger partial charge in [-0.1, -0.05) is 95.5 Å². The average molecular weight is 445 g/mol. The highest BCUT2D eigenvalue weighted by molar-refractivity contribution is 7.79. The monoisotopic (exact) mass is 443 g/mol. The van der Waals surface area contributed by atoms with Crippen LogP contribution in [0.15, 0.2) is 60.7 Å². The molecule has 2 aromatic carbocycles. The van der Waals surface area contributed by atoms with Crippen LogP contribution < -0.4 is 15.9 Å². The maximum Gasteiger partial charge on any atom is 0.471 e. The van der Waals surface area contributed by atoms with E-state index < -0.39 is 28.8 Å². The lowest BCUT2D eigenvalue weighted by molar-refractivity contribution is -0.173. The highest BCUT2D eigenvalue weighted by Gasteiger charge is 2.52. The van der Waals surface area contributed by atoms with Crippen LogP contribution in [0.1, 0.15) is 0 Å². The number of amides is 1. The van der Waals surface area contributed by atoms with Crippen LogP contribution >= 0.6 is 41.9 Å². The van der Waals surface area contributed by atoms with Crippen LogP contribution in [0.5, 0.6) is 0 Å². The summed E-state index contributed by atoms with van der Waals surface area (Å²) in [6.07, 6.45) is -5.23. The van der Waals surface area contributed by atoms with Crippen molar-refractivity contribution in [2.75, 3.05) is 0 Å². The Hall–Kier alpha value is -1.20. The molecule has 10 heteroatoms. The molecule has 0 aliphatic heterocycles. The quantitative estimate of drug-likeness (QED) is 0.562. The summed E-state index contributed by atoms with van der Waals surface area (Å²) in [5.41, 5.74) is 0. The number of halogens is 6. The summed E-state index contributed by atoms with van der Waals surface area (Å²) in [5.74, 6) is -4.28. The standard InChI is InChI=1S/C16H12Cl3F3NO2P/c17-15(18,19)14(23-13(24)16(20,21)22)26(25,11-7-3-1-4-8-11)12-9-5-2-6-10-12/h1-10,14H,(H,23,24). The minimum Gasteiger partial charge on any atom is -0.334 e. The van der Waals surface area contributed by atoms with Gasteiger partial charge in [0, 0.05) is 10.6 Å². The van der Waals surface area contributed by atoms with Gasteiger partial charge in [0.15, 0.2) is 7.14 Å². The van der Waals surface area contributed by atoms with Gasteiger partial charge in [-0.15, -0.1) is 0 Å². The van der Waals surface area contributed by atoms with Crippen molar-refractivity contribution in [2.24, 2.45) is 0 Å². The third kappa shape index (κ3) is 4.55. The lowest BCUT2D eigenvalue weighted by atomic mass is 10.4. The second kappa shape index (κ2) is 7.81. The van der Waals surface area contributed by atoms with E-state index in [1.54, 1.807) is 41.7 Å². The van der Waals surface area contributed by atoms with Crippen LogP contribution in [0.25, 0.3) is 0 Å². The van der Waals surface area contributed by atoms with Crippen LogP contribution in [0.2, 0.25) is 0 Å². The van der Waals surface area contributed by atoms with Crippen molar-refractivity contribution < 1.29 is 22.5 Å². The summed E-state index contributed by atoms with van der Waals surface area (Å²) >= 11 is 17.6. The molecule has 0 radical (unpaired) electrons. The summed E-state index contributed by atoms with van der Waals surface area (Å²) in [6, 6.07) is 15.2. The highest BCUT2D eigenvalue weighted by Crippen LogP contribution is 2.55. The molecule has 3 nitrogen and oxygen atoms in total. The van der Waals surface area contributed by atoms with Gasteiger partial charge in [0.1, 0.15) is 5.78 Å². The Bertz CT molecular complexity index is 767. The van der Waals surface area contributed by atoms with Crippen LogP contribution in [0.3, 0.4) is 0 Å². The normalized spacial score (nSPS) is 13.9. The van der Waals surface area contributed by atoms with E-state index in [-0.39, 0.29) is 10.6 Å². The van der Waals surface area contributed by atoms with E-state index in [1.165, 1.54) is 24.3 Å². The predicted octanol–water partition coefficient (Wildman–Crippen LogP) is 4.38. The smallest absolute Gasteiger partial charge is 0.334 e. The second-order valence-corrected chi connectivity index (χ2v) is 10.5. The molecule has 0 fully saturated rings. The zero-order valence-corrected chi connectivity index (χ0v) is 16.0. The molecule has 1 amide bonds. The summed E-state index contributed by atoms with van der Waals surface area (Å²) < 4.78 is 49.8. The Morgan fingerprint density at radius 1 is 0.885 bits per heavy atom. The number of benzene rings is 2. The van der Waals surface area contributed by atoms with Gasteiger partial charge < -0.3 is 9.88 Å². The first-order valence-electron chi connectivity index (χ1n) is 7.12. The Balaban J connectivity index is 2.68. The van der Waals surface area contributed by atoms with Gasteiger partial charge in [0.2, 0.25) is 3.79 Å². The molecule has 1 N–H and O–H groups in total. The highest BCUT2D eigenvalue weighted by atomic mass is 35.6. The van der Waals surface area contributed by atoms with E-state index >= 15 is 0 Å². The number of alkyl halides is 6. The van der Waals surface area contributed by atoms with Crippen molar-refractivity contribution in [3.8, 4) is 0 Å². The first-order valence-corrected chi connectivity index (χ1v) is 10.0. The van der Waals surface area contributed by atoms with Crippen molar-refractivity contribution in [2.45, 2.75) is 15.8 Å². The molecule has 0 heterocycles. The number of carbonyl (C=O) groups is 1. The molecular weight excluding hydrogens is 433 g/mol. The number of carbonyl (C=O) groups excluding carboxylic acids is 1. The predicted molar refractivity (Wildman–Crippen MR) is 98.0 cm³/mol. The molecule has 2 rings (SSSR count). The molecule has 0 saturated heterocycles. The molecule has 1 atom stereocenters. The molecule has 0 aliphatic rings. The Labute approximate surface area is 162 Å². The van der Waals surface area contributed by atoms with Crippen molar-refractivity contribution in [1.82, 2.24) is 5.32 Å². The fraction of sp³-hybridized carbons (Fsp3) is 0.188. The largest absolute Gasteiger partial charge is 0.471 e. The van der Waals surface area contributed by atoms with Crippen molar-refractivity contribution in [1.29, 1.82) is 0 Å². The summed E-state index contributed by atoms with van der Waals surface area (Å²) in [4.78, 5) is 11.5. The zero-order chi connectivity index (χ0) is 19.6. The number of rotatable bonds is 4. The van der Waals surface area contributed by atoms with Gasteiger partial charge in [0.05, 0.1) is 0 Å². The van der Waals surface area contributed by atoms with E-state index in [9.17, 15) is 22.5 Å². The maximum absolute atomic E-state index is 14.0. The SMILES string of the molecule is O=C(NC(C(Cl)(Cl)Cl)P(=O)(c1ccccc1)c1ccccc1)C(F)(F)F. The van der Waals surface area contributed by atoms with E-state index in [4.69, 9.17) is 34.8 Å². The zero-order valence-electron chi connectivity index (χ0n) is 12.9. The molecule has 2 aromatic rings. The molecule has 26 heavy (non-hydrogen) atoms. The fourth-order valence-corrected chi connectivity index (χ4v) is 6.57. The first-order chi connectivity index (χ1) is 12.0. The number of hydrogen-bond acceptors (Lipinski definition) is 2. The summed E-state index contributed by atoms with van der Waals surface area (Å²) in [5, 5.41) is 1.90. The lowest BCUT2D eigenvalue weighted by Crippen LogP contribution is -2.51. The topological polar surface area (TPSA) is 46.2 Å². The van der Waals surface area contributed by atoms with E-state index in [0.717, 1.165) is 0 Å². The van der Waals surface area contributed by atoms with Crippen LogP contribution in [-0.4, -0.2) is 21.7 Å². The molecule has 0 aliphatic carbocycles. The van der Waals surface area contributed by atoms with E-state index in [0.29, 0.717) is 0 Å². The van der Waals surface area contributed by atoms with Gasteiger partial charge in [-0.2, -0.15) is 13.2 Å². The number of nitrogens with one attached hydrogen (secondary N) is 1. The maximum atomic E-state index is 14.0. The van der Waals surface area contributed by atoms with Crippen molar-refractivity contribution >= 4 is 58.5 Å². The van der Waals surface area contributed by atoms with Crippen molar-refractivity contribution in [3.63, 3.8) is 0 Å². The molecule has 0 bridgehead atoms. The fourth-order valence-electron chi connectivity index (χ4n) is 2.33. The molecule has 0 spiro atoms. The molecule has 0 aromatic heterocycles. The first kappa shape index (κ1) is 21.1. The Morgan fingerprint density at radius 3 is 1.58 bits per heavy atom. The third-order valence-corrected chi connectivity index (χ3v) is 7.96. The molecule has 0 saturated carbocycles. The lowest BCUT2D eigenvalue weighted by Gasteiger charge is -2.34. The van der Waals surface area contributed by atoms with Crippen molar-refractivity contribution in [3.05, 3.63) is 60.7 Å². The Morgan fingerprint density at radius 2 is 1.27 bits per heavy atom. The van der Waals surface area contributed by atoms with Gasteiger partial charge in [0.25, 0.3) is 0 Å². The van der Waals surface area contributed by atoms with Gasteiger partial charge in [-0.25, -0.2) is 0 Å². The number of hydrogen-bond donors (Lipinski definition) is 1. The minimum atomic E-state index is -5.23. The molecule has 140 valence electrons. The molecule has 1 unspecified atom stereocenters. The molecular formula is C16H12Cl3F3NO2P. The van der Waals surface area contributed by atoms with Crippen LogP contribution in [-0.2, 0) is 9.36 Å². The summed E-state index contributed by atoms with van der Waals surface area (Å²) in [7, 11) is -4.01. The van der Waals surface area contributed by atoms with E-state index in [2.05, 4.69) is 0 Å². The average Bonchev–Trinajstić information content (AvgIpc) is 2.58. The van der Waals surface area contributed by atoms with E-state index in [1.807, 2.05) is 0 Å².